The Labute approximate surface area is 240 Å². The number of carbonyl (C=O) groups excluding carboxylic acids is 1. The van der Waals surface area contributed by atoms with Crippen LogP contribution in [0.1, 0.15) is 42.1 Å². The normalized spacial score (nSPS) is 14.9. The van der Waals surface area contributed by atoms with Crippen molar-refractivity contribution < 1.29 is 23.4 Å². The summed E-state index contributed by atoms with van der Waals surface area (Å²) in [6, 6.07) is 18.6. The second kappa shape index (κ2) is 11.9. The molecule has 9 heteroatoms. The number of esters is 1. The van der Waals surface area contributed by atoms with E-state index in [0.717, 1.165) is 16.7 Å². The van der Waals surface area contributed by atoms with Gasteiger partial charge >= 0.3 is 5.97 Å². The van der Waals surface area contributed by atoms with Crippen LogP contribution >= 0.6 is 11.3 Å². The molecule has 41 heavy (non-hydrogen) atoms. The zero-order valence-corrected chi connectivity index (χ0v) is 24.0. The van der Waals surface area contributed by atoms with E-state index in [2.05, 4.69) is 4.99 Å². The molecule has 0 fully saturated rings. The van der Waals surface area contributed by atoms with Crippen LogP contribution in [0, 0.1) is 12.7 Å². The van der Waals surface area contributed by atoms with E-state index in [0.29, 0.717) is 37.7 Å². The molecule has 0 saturated carbocycles. The second-order valence-corrected chi connectivity index (χ2v) is 10.6. The Hall–Kier alpha value is -4.50. The lowest BCUT2D eigenvalue weighted by atomic mass is 9.95. The first kappa shape index (κ1) is 28.0. The Morgan fingerprint density at radius 2 is 1.85 bits per heavy atom. The van der Waals surface area contributed by atoms with Crippen LogP contribution in [0.4, 0.5) is 4.39 Å². The molecule has 0 N–H and O–H groups in total. The van der Waals surface area contributed by atoms with E-state index in [1.807, 2.05) is 37.3 Å². The van der Waals surface area contributed by atoms with Gasteiger partial charge in [-0.25, -0.2) is 14.2 Å². The lowest BCUT2D eigenvalue weighted by Gasteiger charge is -2.24. The number of thiazole rings is 1. The number of aryl methyl sites for hydroxylation is 1. The number of methoxy groups -OCH3 is 1. The molecular weight excluding hydrogens is 543 g/mol. The summed E-state index contributed by atoms with van der Waals surface area (Å²) >= 11 is 1.25. The molecule has 0 bridgehead atoms. The van der Waals surface area contributed by atoms with E-state index in [-0.39, 0.29) is 24.6 Å². The minimum Gasteiger partial charge on any atom is -0.493 e. The van der Waals surface area contributed by atoms with Gasteiger partial charge in [-0.05, 0) is 67.8 Å². The van der Waals surface area contributed by atoms with Crippen LogP contribution in [-0.4, -0.2) is 24.3 Å². The molecule has 0 aliphatic carbocycles. The molecular formula is C32H29FN2O5S. The molecule has 0 unspecified atom stereocenters. The number of benzene rings is 3. The summed E-state index contributed by atoms with van der Waals surface area (Å²) in [5.41, 5.74) is 3.87. The third-order valence-electron chi connectivity index (χ3n) is 6.68. The van der Waals surface area contributed by atoms with Gasteiger partial charge in [0.1, 0.15) is 12.4 Å². The molecule has 1 aromatic heterocycles. The molecule has 4 aromatic rings. The molecule has 3 aromatic carbocycles. The summed E-state index contributed by atoms with van der Waals surface area (Å²) < 4.78 is 32.3. The predicted octanol–water partition coefficient (Wildman–Crippen LogP) is 4.83. The van der Waals surface area contributed by atoms with Crippen molar-refractivity contribution in [2.45, 2.75) is 33.4 Å². The zero-order chi connectivity index (χ0) is 29.1. The van der Waals surface area contributed by atoms with Gasteiger partial charge in [0.05, 0.1) is 35.6 Å². The first-order valence-corrected chi connectivity index (χ1v) is 13.9. The monoisotopic (exact) mass is 572 g/mol. The molecule has 0 radical (unpaired) electrons. The summed E-state index contributed by atoms with van der Waals surface area (Å²) in [5, 5.41) is 0. The average molecular weight is 573 g/mol. The lowest BCUT2D eigenvalue weighted by Crippen LogP contribution is -2.39. The second-order valence-electron chi connectivity index (χ2n) is 9.54. The smallest absolute Gasteiger partial charge is 0.338 e. The van der Waals surface area contributed by atoms with Crippen molar-refractivity contribution in [3.8, 4) is 11.5 Å². The highest BCUT2D eigenvalue weighted by atomic mass is 32.1. The van der Waals surface area contributed by atoms with Crippen molar-refractivity contribution in [1.29, 1.82) is 0 Å². The molecule has 2 heterocycles. The van der Waals surface area contributed by atoms with E-state index in [9.17, 15) is 14.0 Å². The van der Waals surface area contributed by atoms with E-state index in [4.69, 9.17) is 14.2 Å². The molecule has 1 atom stereocenters. The fourth-order valence-corrected chi connectivity index (χ4v) is 5.73. The highest BCUT2D eigenvalue weighted by Crippen LogP contribution is 2.31. The van der Waals surface area contributed by atoms with E-state index < -0.39 is 12.0 Å². The van der Waals surface area contributed by atoms with Crippen LogP contribution in [0.15, 0.2) is 87.8 Å². The number of hydrogen-bond donors (Lipinski definition) is 0. The Morgan fingerprint density at radius 1 is 1.07 bits per heavy atom. The van der Waals surface area contributed by atoms with Gasteiger partial charge in [0, 0.05) is 0 Å². The highest BCUT2D eigenvalue weighted by molar-refractivity contribution is 7.07. The third kappa shape index (κ3) is 5.85. The SMILES string of the molecule is CCOC(=O)C1=C(C)N=c2s/c(=C/c3ccc(OCc4cccc(F)c4)c(OC)c3)c(=O)n2[C@@H]1c1ccc(C)cc1. The van der Waals surface area contributed by atoms with Gasteiger partial charge < -0.3 is 14.2 Å². The van der Waals surface area contributed by atoms with Crippen molar-refractivity contribution in [1.82, 2.24) is 4.57 Å². The van der Waals surface area contributed by atoms with E-state index >= 15 is 0 Å². The maximum atomic E-state index is 13.8. The van der Waals surface area contributed by atoms with Crippen molar-refractivity contribution in [2.75, 3.05) is 13.7 Å². The number of halogens is 1. The summed E-state index contributed by atoms with van der Waals surface area (Å²) in [7, 11) is 1.53. The third-order valence-corrected chi connectivity index (χ3v) is 7.66. The van der Waals surface area contributed by atoms with Crippen LogP contribution in [-0.2, 0) is 16.1 Å². The van der Waals surface area contributed by atoms with Crippen molar-refractivity contribution in [3.05, 3.63) is 126 Å². The maximum absolute atomic E-state index is 13.8. The van der Waals surface area contributed by atoms with Gasteiger partial charge in [0.15, 0.2) is 16.3 Å². The van der Waals surface area contributed by atoms with Gasteiger partial charge in [-0.2, -0.15) is 0 Å². The number of hydrogen-bond acceptors (Lipinski definition) is 7. The molecule has 0 spiro atoms. The predicted molar refractivity (Wildman–Crippen MR) is 155 cm³/mol. The molecule has 7 nitrogen and oxygen atoms in total. The topological polar surface area (TPSA) is 79.1 Å². The molecule has 210 valence electrons. The number of fused-ring (bicyclic) bond motifs is 1. The molecule has 0 amide bonds. The van der Waals surface area contributed by atoms with Gasteiger partial charge in [0.25, 0.3) is 5.56 Å². The van der Waals surface area contributed by atoms with Gasteiger partial charge in [0.2, 0.25) is 0 Å². The summed E-state index contributed by atoms with van der Waals surface area (Å²) in [4.78, 5) is 32.0. The summed E-state index contributed by atoms with van der Waals surface area (Å²) in [5.74, 6) is 0.140. The summed E-state index contributed by atoms with van der Waals surface area (Å²) in [6.07, 6.45) is 1.76. The van der Waals surface area contributed by atoms with Crippen molar-refractivity contribution >= 4 is 23.4 Å². The highest BCUT2D eigenvalue weighted by Gasteiger charge is 2.33. The lowest BCUT2D eigenvalue weighted by molar-refractivity contribution is -0.139. The fourth-order valence-electron chi connectivity index (χ4n) is 4.69. The van der Waals surface area contributed by atoms with Crippen LogP contribution < -0.4 is 24.4 Å². The Kier molecular flexibility index (Phi) is 8.16. The van der Waals surface area contributed by atoms with E-state index in [1.165, 1.54) is 30.6 Å². The number of ether oxygens (including phenoxy) is 3. The van der Waals surface area contributed by atoms with Gasteiger partial charge in [-0.3, -0.25) is 9.36 Å². The van der Waals surface area contributed by atoms with Crippen molar-refractivity contribution in [2.24, 2.45) is 4.99 Å². The van der Waals surface area contributed by atoms with Crippen molar-refractivity contribution in [3.63, 3.8) is 0 Å². The fraction of sp³-hybridized carbons (Fsp3) is 0.219. The number of carbonyl (C=O) groups is 1. The minimum absolute atomic E-state index is 0.174. The number of nitrogens with zero attached hydrogens (tertiary/aromatic N) is 2. The largest absolute Gasteiger partial charge is 0.493 e. The van der Waals surface area contributed by atoms with Crippen LogP contribution in [0.3, 0.4) is 0 Å². The molecule has 1 aliphatic heterocycles. The van der Waals surface area contributed by atoms with Crippen LogP contribution in [0.2, 0.25) is 0 Å². The Balaban J connectivity index is 1.54. The maximum Gasteiger partial charge on any atom is 0.338 e. The quantitative estimate of drug-likeness (QED) is 0.283. The summed E-state index contributed by atoms with van der Waals surface area (Å²) in [6.45, 7) is 5.88. The first-order chi connectivity index (χ1) is 19.8. The van der Waals surface area contributed by atoms with Crippen LogP contribution in [0.5, 0.6) is 11.5 Å². The molecule has 1 aliphatic rings. The Bertz CT molecular complexity index is 1820. The number of rotatable bonds is 8. The standard InChI is InChI=1S/C32H29FN2O5S/c1-5-39-31(37)28-20(3)34-32-35(29(28)23-12-9-19(2)10-13-23)30(36)27(41-32)17-21-11-14-25(26(16-21)38-4)40-18-22-7-6-8-24(33)15-22/h6-17,29H,5,18H2,1-4H3/b27-17+/t29-/m1/s1. The minimum atomic E-state index is -0.666. The number of aromatic nitrogens is 1. The average Bonchev–Trinajstić information content (AvgIpc) is 3.26. The Morgan fingerprint density at radius 3 is 2.56 bits per heavy atom. The van der Waals surface area contributed by atoms with Crippen LogP contribution in [0.25, 0.3) is 6.08 Å². The number of allylic oxidation sites excluding steroid dienone is 1. The van der Waals surface area contributed by atoms with E-state index in [1.54, 1.807) is 48.8 Å². The first-order valence-electron chi connectivity index (χ1n) is 13.1. The van der Waals surface area contributed by atoms with Gasteiger partial charge in [-0.1, -0.05) is 59.4 Å². The molecule has 0 saturated heterocycles. The van der Waals surface area contributed by atoms with Gasteiger partial charge in [-0.15, -0.1) is 0 Å². The molecule has 5 rings (SSSR count). The zero-order valence-electron chi connectivity index (χ0n) is 23.1.